The van der Waals surface area contributed by atoms with Crippen molar-refractivity contribution < 1.29 is 19.2 Å². The van der Waals surface area contributed by atoms with Crippen LogP contribution in [-0.4, -0.2) is 43.0 Å². The predicted octanol–water partition coefficient (Wildman–Crippen LogP) is 4.41. The van der Waals surface area contributed by atoms with Crippen LogP contribution < -0.4 is 9.47 Å². The van der Waals surface area contributed by atoms with Crippen LogP contribution in [0.3, 0.4) is 0 Å². The monoisotopic (exact) mass is 412 g/mol. The quantitative estimate of drug-likeness (QED) is 0.497. The van der Waals surface area contributed by atoms with Crippen LogP contribution in [0.25, 0.3) is 0 Å². The van der Waals surface area contributed by atoms with E-state index in [1.54, 1.807) is 4.90 Å². The number of nitrogens with zero attached hydrogens (tertiary/aromatic N) is 2. The minimum Gasteiger partial charge on any atom is -0.493 e. The van der Waals surface area contributed by atoms with E-state index in [0.717, 1.165) is 25.7 Å². The highest BCUT2D eigenvalue weighted by atomic mass is 16.6. The van der Waals surface area contributed by atoms with Gasteiger partial charge < -0.3 is 14.4 Å². The third-order valence-electron chi connectivity index (χ3n) is 5.79. The van der Waals surface area contributed by atoms with Gasteiger partial charge in [-0.15, -0.1) is 0 Å². The maximum atomic E-state index is 13.0. The first-order chi connectivity index (χ1) is 14.4. The second-order valence-corrected chi connectivity index (χ2v) is 7.74. The first-order valence-electron chi connectivity index (χ1n) is 10.2. The number of aryl methyl sites for hydroxylation is 2. The number of carbonyl (C=O) groups is 1. The van der Waals surface area contributed by atoms with Gasteiger partial charge in [-0.2, -0.15) is 0 Å². The van der Waals surface area contributed by atoms with Crippen LogP contribution in [0.4, 0.5) is 5.69 Å². The number of likely N-dealkylation sites (tertiary alicyclic amines) is 1. The molecule has 160 valence electrons. The molecule has 0 atom stereocenters. The number of nitro benzene ring substituents is 1. The molecule has 2 aromatic rings. The maximum Gasteiger partial charge on any atom is 0.286 e. The Morgan fingerprint density at radius 1 is 1.10 bits per heavy atom. The Morgan fingerprint density at radius 2 is 1.70 bits per heavy atom. The number of methoxy groups -OCH3 is 2. The summed E-state index contributed by atoms with van der Waals surface area (Å²) in [6.45, 7) is 3.28. The zero-order valence-electron chi connectivity index (χ0n) is 17.7. The number of rotatable bonds is 7. The zero-order chi connectivity index (χ0) is 21.7. The van der Waals surface area contributed by atoms with Crippen molar-refractivity contribution in [1.82, 2.24) is 4.90 Å². The second-order valence-electron chi connectivity index (χ2n) is 7.74. The van der Waals surface area contributed by atoms with Crippen LogP contribution >= 0.6 is 0 Å². The molecule has 30 heavy (non-hydrogen) atoms. The molecule has 0 N–H and O–H groups in total. The van der Waals surface area contributed by atoms with Crippen LogP contribution in [-0.2, 0) is 6.42 Å². The zero-order valence-corrected chi connectivity index (χ0v) is 17.7. The Labute approximate surface area is 176 Å². The molecule has 1 fully saturated rings. The van der Waals surface area contributed by atoms with E-state index in [0.29, 0.717) is 24.8 Å². The summed E-state index contributed by atoms with van der Waals surface area (Å²) in [6, 6.07) is 11.3. The van der Waals surface area contributed by atoms with Gasteiger partial charge in [-0.05, 0) is 44.1 Å². The first kappa shape index (κ1) is 21.6. The lowest BCUT2D eigenvalue weighted by Gasteiger charge is -2.32. The molecule has 7 heteroatoms. The molecule has 0 saturated carbocycles. The summed E-state index contributed by atoms with van der Waals surface area (Å²) in [6.07, 6.45) is 3.92. The lowest BCUT2D eigenvalue weighted by atomic mass is 9.90. The van der Waals surface area contributed by atoms with E-state index < -0.39 is 4.92 Å². The van der Waals surface area contributed by atoms with E-state index >= 15 is 0 Å². The smallest absolute Gasteiger partial charge is 0.286 e. The fraction of sp³-hybridized carbons (Fsp3) is 0.435. The van der Waals surface area contributed by atoms with Crippen molar-refractivity contribution in [3.63, 3.8) is 0 Å². The molecule has 1 amide bonds. The Bertz CT molecular complexity index is 903. The topological polar surface area (TPSA) is 81.9 Å². The Balaban J connectivity index is 1.64. The molecule has 0 aromatic heterocycles. The molecule has 1 saturated heterocycles. The van der Waals surface area contributed by atoms with Gasteiger partial charge in [0.25, 0.3) is 11.6 Å². The van der Waals surface area contributed by atoms with Gasteiger partial charge in [0.15, 0.2) is 11.5 Å². The Morgan fingerprint density at radius 3 is 2.27 bits per heavy atom. The minimum absolute atomic E-state index is 0.0377. The molecule has 3 rings (SSSR count). The van der Waals surface area contributed by atoms with Crippen LogP contribution in [0.5, 0.6) is 11.5 Å². The maximum absolute atomic E-state index is 13.0. The van der Waals surface area contributed by atoms with Gasteiger partial charge in [-0.3, -0.25) is 14.9 Å². The average molecular weight is 412 g/mol. The molecule has 0 radical (unpaired) electrons. The second kappa shape index (κ2) is 9.61. The molecule has 7 nitrogen and oxygen atoms in total. The third-order valence-corrected chi connectivity index (χ3v) is 5.79. The van der Waals surface area contributed by atoms with Gasteiger partial charge in [0.2, 0.25) is 0 Å². The van der Waals surface area contributed by atoms with E-state index in [1.165, 1.54) is 37.5 Å². The van der Waals surface area contributed by atoms with Crippen LogP contribution in [0, 0.1) is 23.0 Å². The van der Waals surface area contributed by atoms with E-state index in [-0.39, 0.29) is 22.9 Å². The SMILES string of the molecule is COc1cc(C(=O)N2CCC(CCc3ccc(C)cc3)CC2)c([N+](=O)[O-])cc1OC. The van der Waals surface area contributed by atoms with Crippen molar-refractivity contribution in [2.45, 2.75) is 32.6 Å². The molecule has 0 unspecified atom stereocenters. The van der Waals surface area contributed by atoms with Gasteiger partial charge in [0.05, 0.1) is 25.2 Å². The summed E-state index contributed by atoms with van der Waals surface area (Å²) >= 11 is 0. The average Bonchev–Trinajstić information content (AvgIpc) is 2.77. The summed E-state index contributed by atoms with van der Waals surface area (Å²) in [7, 11) is 2.85. The summed E-state index contributed by atoms with van der Waals surface area (Å²) < 4.78 is 10.4. The summed E-state index contributed by atoms with van der Waals surface area (Å²) in [4.78, 5) is 25.7. The van der Waals surface area contributed by atoms with Gasteiger partial charge in [-0.25, -0.2) is 0 Å². The van der Waals surface area contributed by atoms with Gasteiger partial charge >= 0.3 is 0 Å². The molecule has 2 aromatic carbocycles. The number of carbonyl (C=O) groups excluding carboxylic acids is 1. The van der Waals surface area contributed by atoms with Gasteiger partial charge in [0.1, 0.15) is 5.56 Å². The lowest BCUT2D eigenvalue weighted by Crippen LogP contribution is -2.38. The summed E-state index contributed by atoms with van der Waals surface area (Å²) in [5.41, 5.74) is 2.37. The molecule has 0 spiro atoms. The number of hydrogen-bond acceptors (Lipinski definition) is 5. The lowest BCUT2D eigenvalue weighted by molar-refractivity contribution is -0.385. The van der Waals surface area contributed by atoms with Crippen molar-refractivity contribution in [1.29, 1.82) is 0 Å². The molecule has 0 bridgehead atoms. The molecular weight excluding hydrogens is 384 g/mol. The van der Waals surface area contributed by atoms with Crippen molar-refractivity contribution in [3.05, 3.63) is 63.2 Å². The molecule has 0 aliphatic carbocycles. The number of hydrogen-bond donors (Lipinski definition) is 0. The highest BCUT2D eigenvalue weighted by Gasteiger charge is 2.30. The standard InChI is InChI=1S/C23H28N2O5/c1-16-4-6-17(7-5-16)8-9-18-10-12-24(13-11-18)23(26)19-14-21(29-2)22(30-3)15-20(19)25(27)28/h4-7,14-15,18H,8-13H2,1-3H3. The van der Waals surface area contributed by atoms with Crippen LogP contribution in [0.15, 0.2) is 36.4 Å². The minimum atomic E-state index is -0.552. The van der Waals surface area contributed by atoms with Crippen LogP contribution in [0.1, 0.15) is 40.7 Å². The fourth-order valence-corrected chi connectivity index (χ4v) is 3.91. The van der Waals surface area contributed by atoms with Crippen molar-refractivity contribution in [2.75, 3.05) is 27.3 Å². The molecule has 1 aliphatic heterocycles. The Kier molecular flexibility index (Phi) is 6.92. The molecular formula is C23H28N2O5. The molecule has 1 heterocycles. The highest BCUT2D eigenvalue weighted by Crippen LogP contribution is 2.35. The number of nitro groups is 1. The summed E-state index contributed by atoms with van der Waals surface area (Å²) in [5, 5.41) is 11.5. The van der Waals surface area contributed by atoms with Crippen molar-refractivity contribution >= 4 is 11.6 Å². The van der Waals surface area contributed by atoms with Gasteiger partial charge in [0, 0.05) is 19.2 Å². The number of benzene rings is 2. The first-order valence-corrected chi connectivity index (χ1v) is 10.2. The normalized spacial score (nSPS) is 14.4. The predicted molar refractivity (Wildman–Crippen MR) is 114 cm³/mol. The third kappa shape index (κ3) is 4.90. The van der Waals surface area contributed by atoms with Crippen molar-refractivity contribution in [3.8, 4) is 11.5 Å². The van der Waals surface area contributed by atoms with Gasteiger partial charge in [-0.1, -0.05) is 29.8 Å². The number of amides is 1. The van der Waals surface area contributed by atoms with Crippen LogP contribution in [0.2, 0.25) is 0 Å². The molecule has 1 aliphatic rings. The van der Waals surface area contributed by atoms with E-state index in [2.05, 4.69) is 31.2 Å². The highest BCUT2D eigenvalue weighted by molar-refractivity contribution is 5.99. The Hall–Kier alpha value is -3.09. The van der Waals surface area contributed by atoms with E-state index in [1.807, 2.05) is 0 Å². The number of piperidine rings is 1. The van der Waals surface area contributed by atoms with E-state index in [9.17, 15) is 14.9 Å². The van der Waals surface area contributed by atoms with E-state index in [4.69, 9.17) is 9.47 Å². The number of ether oxygens (including phenoxy) is 2. The summed E-state index contributed by atoms with van der Waals surface area (Å²) in [5.74, 6) is 0.755. The largest absolute Gasteiger partial charge is 0.493 e. The van der Waals surface area contributed by atoms with Crippen molar-refractivity contribution in [2.24, 2.45) is 5.92 Å². The fourth-order valence-electron chi connectivity index (χ4n) is 3.91.